The molecule has 1 aliphatic carbocycles. The number of fused-ring (bicyclic) bond motifs is 3. The molecule has 2 aliphatic heterocycles. The lowest BCUT2D eigenvalue weighted by Crippen LogP contribution is -2.61. The molecule has 0 radical (unpaired) electrons. The van der Waals surface area contributed by atoms with Gasteiger partial charge >= 0.3 is 0 Å². The van der Waals surface area contributed by atoms with Gasteiger partial charge in [0.1, 0.15) is 6.29 Å². The Morgan fingerprint density at radius 2 is 2.31 bits per heavy atom. The Labute approximate surface area is 94.4 Å². The minimum atomic E-state index is -0.692. The Morgan fingerprint density at radius 1 is 1.56 bits per heavy atom. The molecule has 92 valence electrons. The first kappa shape index (κ1) is 12.0. The van der Waals surface area contributed by atoms with Gasteiger partial charge in [-0.05, 0) is 13.3 Å². The highest BCUT2D eigenvalue weighted by Gasteiger charge is 2.54. The number of carbonyl (C=O) groups excluding carboxylic acids is 1. The highest BCUT2D eigenvalue weighted by molar-refractivity contribution is 5.55. The fraction of sp³-hybridized carbons (Fsp3) is 0.909. The minimum Gasteiger partial charge on any atom is -0.396 e. The van der Waals surface area contributed by atoms with Crippen molar-refractivity contribution in [1.29, 1.82) is 0 Å². The second-order valence-corrected chi connectivity index (χ2v) is 4.45. The van der Waals surface area contributed by atoms with Crippen LogP contribution in [0.25, 0.3) is 0 Å². The number of carbonyl (C=O) groups is 1. The van der Waals surface area contributed by atoms with Crippen molar-refractivity contribution in [1.82, 2.24) is 0 Å². The van der Waals surface area contributed by atoms with Gasteiger partial charge in [-0.1, -0.05) is 0 Å². The summed E-state index contributed by atoms with van der Waals surface area (Å²) in [6.07, 6.45) is -0.146. The van der Waals surface area contributed by atoms with Crippen molar-refractivity contribution in [3.05, 3.63) is 0 Å². The third kappa shape index (κ3) is 1.78. The average Bonchev–Trinajstić information content (AvgIpc) is 2.30. The summed E-state index contributed by atoms with van der Waals surface area (Å²) in [4.78, 5) is 11.0. The maximum Gasteiger partial charge on any atom is 0.161 e. The molecule has 2 heterocycles. The van der Waals surface area contributed by atoms with Crippen molar-refractivity contribution in [2.24, 2.45) is 17.8 Å². The van der Waals surface area contributed by atoms with Crippen molar-refractivity contribution in [3.63, 3.8) is 0 Å². The van der Waals surface area contributed by atoms with Gasteiger partial charge < -0.3 is 24.5 Å². The van der Waals surface area contributed by atoms with Crippen LogP contribution in [-0.4, -0.2) is 48.2 Å². The van der Waals surface area contributed by atoms with Crippen molar-refractivity contribution >= 4 is 6.29 Å². The first-order chi connectivity index (χ1) is 7.72. The summed E-state index contributed by atoms with van der Waals surface area (Å²) >= 11 is 0. The van der Waals surface area contributed by atoms with E-state index in [0.29, 0.717) is 13.0 Å². The van der Waals surface area contributed by atoms with E-state index in [1.54, 1.807) is 0 Å². The molecule has 3 aliphatic rings. The molecule has 2 saturated heterocycles. The molecule has 5 nitrogen and oxygen atoms in total. The Bertz CT molecular complexity index is 257. The number of rotatable bonds is 4. The molecule has 3 rings (SSSR count). The van der Waals surface area contributed by atoms with Crippen LogP contribution in [0.15, 0.2) is 0 Å². The van der Waals surface area contributed by atoms with E-state index in [4.69, 9.17) is 9.47 Å². The Morgan fingerprint density at radius 3 is 2.88 bits per heavy atom. The van der Waals surface area contributed by atoms with Crippen LogP contribution in [0.3, 0.4) is 0 Å². The third-order valence-electron chi connectivity index (χ3n) is 3.65. The first-order valence-corrected chi connectivity index (χ1v) is 5.74. The fourth-order valence-electron chi connectivity index (χ4n) is 2.88. The Balaban J connectivity index is 2.20. The molecule has 0 amide bonds. The van der Waals surface area contributed by atoms with E-state index in [9.17, 15) is 15.0 Å². The van der Waals surface area contributed by atoms with Gasteiger partial charge in [-0.2, -0.15) is 0 Å². The molecule has 0 aromatic heterocycles. The molecule has 0 unspecified atom stereocenters. The molecule has 2 bridgehead atoms. The summed E-state index contributed by atoms with van der Waals surface area (Å²) in [5, 5.41) is 19.2. The molecule has 16 heavy (non-hydrogen) atoms. The molecule has 3 fully saturated rings. The summed E-state index contributed by atoms with van der Waals surface area (Å²) in [7, 11) is 0. The van der Waals surface area contributed by atoms with E-state index < -0.39 is 18.5 Å². The van der Waals surface area contributed by atoms with Gasteiger partial charge in [0.2, 0.25) is 0 Å². The van der Waals surface area contributed by atoms with Crippen molar-refractivity contribution in [2.75, 3.05) is 13.2 Å². The van der Waals surface area contributed by atoms with Gasteiger partial charge in [0.15, 0.2) is 6.29 Å². The molecule has 0 aromatic rings. The predicted octanol–water partition coefficient (Wildman–Crippen LogP) is -0.448. The topological polar surface area (TPSA) is 76.0 Å². The maximum atomic E-state index is 11.0. The molecular formula is C11H18O5. The predicted molar refractivity (Wildman–Crippen MR) is 54.5 cm³/mol. The van der Waals surface area contributed by atoms with E-state index in [1.165, 1.54) is 0 Å². The monoisotopic (exact) mass is 230 g/mol. The molecule has 0 spiro atoms. The minimum absolute atomic E-state index is 0.139. The molecule has 1 saturated carbocycles. The van der Waals surface area contributed by atoms with E-state index in [2.05, 4.69) is 0 Å². The lowest BCUT2D eigenvalue weighted by molar-refractivity contribution is -0.307. The summed E-state index contributed by atoms with van der Waals surface area (Å²) in [6, 6.07) is 0. The van der Waals surface area contributed by atoms with Gasteiger partial charge in [-0.3, -0.25) is 0 Å². The SMILES string of the molecule is CCO[C@H]1O[C@@H]2C[C@H](C=O)[C@H]1[C@H](CO)[C@@H]2O. The Hall–Kier alpha value is -0.490. The van der Waals surface area contributed by atoms with Gasteiger partial charge in [0, 0.05) is 31.0 Å². The zero-order chi connectivity index (χ0) is 11.7. The second kappa shape index (κ2) is 4.79. The second-order valence-electron chi connectivity index (χ2n) is 4.45. The number of aldehydes is 1. The highest BCUT2D eigenvalue weighted by atomic mass is 16.7. The maximum absolute atomic E-state index is 11.0. The van der Waals surface area contributed by atoms with Crippen LogP contribution in [0.2, 0.25) is 0 Å². The van der Waals surface area contributed by atoms with Gasteiger partial charge in [-0.15, -0.1) is 0 Å². The number of aliphatic hydroxyl groups is 2. The Kier molecular flexibility index (Phi) is 3.59. The largest absolute Gasteiger partial charge is 0.396 e. The van der Waals surface area contributed by atoms with Gasteiger partial charge in [0.05, 0.1) is 12.2 Å². The fourth-order valence-corrected chi connectivity index (χ4v) is 2.88. The van der Waals surface area contributed by atoms with Crippen LogP contribution in [0.5, 0.6) is 0 Å². The van der Waals surface area contributed by atoms with Gasteiger partial charge in [-0.25, -0.2) is 0 Å². The van der Waals surface area contributed by atoms with Gasteiger partial charge in [0.25, 0.3) is 0 Å². The first-order valence-electron chi connectivity index (χ1n) is 5.74. The van der Waals surface area contributed by atoms with Crippen molar-refractivity contribution < 1.29 is 24.5 Å². The van der Waals surface area contributed by atoms with E-state index in [-0.39, 0.29) is 24.4 Å². The quantitative estimate of drug-likeness (QED) is 0.640. The zero-order valence-electron chi connectivity index (χ0n) is 9.28. The molecular weight excluding hydrogens is 212 g/mol. The van der Waals surface area contributed by atoms with E-state index in [1.807, 2.05) is 6.92 Å². The molecule has 6 atom stereocenters. The van der Waals surface area contributed by atoms with Crippen LogP contribution in [0.1, 0.15) is 13.3 Å². The summed E-state index contributed by atoms with van der Waals surface area (Å²) in [5.74, 6) is -0.738. The third-order valence-corrected chi connectivity index (χ3v) is 3.65. The van der Waals surface area contributed by atoms with Crippen LogP contribution in [-0.2, 0) is 14.3 Å². The number of aliphatic hydroxyl groups excluding tert-OH is 2. The summed E-state index contributed by atoms with van der Waals surface area (Å²) in [6.45, 7) is 2.21. The number of hydrogen-bond donors (Lipinski definition) is 2. The highest BCUT2D eigenvalue weighted by Crippen LogP contribution is 2.44. The van der Waals surface area contributed by atoms with Crippen LogP contribution in [0, 0.1) is 17.8 Å². The van der Waals surface area contributed by atoms with Crippen LogP contribution < -0.4 is 0 Å². The lowest BCUT2D eigenvalue weighted by atomic mass is 9.67. The van der Waals surface area contributed by atoms with E-state index in [0.717, 1.165) is 6.29 Å². The van der Waals surface area contributed by atoms with Crippen LogP contribution in [0.4, 0.5) is 0 Å². The van der Waals surface area contributed by atoms with Crippen molar-refractivity contribution in [3.8, 4) is 0 Å². The smallest absolute Gasteiger partial charge is 0.161 e. The number of hydrogen-bond acceptors (Lipinski definition) is 5. The number of ether oxygens (including phenoxy) is 2. The average molecular weight is 230 g/mol. The van der Waals surface area contributed by atoms with E-state index >= 15 is 0 Å². The summed E-state index contributed by atoms with van der Waals surface area (Å²) in [5.41, 5.74) is 0. The normalized spacial score (nSPS) is 46.9. The molecule has 0 aromatic carbocycles. The molecule has 2 N–H and O–H groups in total. The summed E-state index contributed by atoms with van der Waals surface area (Å²) < 4.78 is 11.0. The standard InChI is InChI=1S/C11H18O5/c1-2-15-11-9-6(4-12)3-8(16-11)10(14)7(9)5-13/h4,6-11,13-14H,2-3,5H2,1H3/t6-,7+,8-,9+,10+,11+/m1/s1. The lowest BCUT2D eigenvalue weighted by Gasteiger charge is -2.51. The zero-order valence-corrected chi connectivity index (χ0v) is 9.28. The van der Waals surface area contributed by atoms with Crippen LogP contribution >= 0.6 is 0 Å². The van der Waals surface area contributed by atoms with Crippen molar-refractivity contribution in [2.45, 2.75) is 31.8 Å². The molecule has 5 heteroatoms.